The van der Waals surface area contributed by atoms with E-state index in [-0.39, 0.29) is 0 Å². The Morgan fingerprint density at radius 1 is 1.17 bits per heavy atom. The van der Waals surface area contributed by atoms with Gasteiger partial charge in [0.05, 0.1) is 29.3 Å². The second-order valence-corrected chi connectivity index (χ2v) is 7.10. The van der Waals surface area contributed by atoms with Gasteiger partial charge in [0.15, 0.2) is 15.8 Å². The Morgan fingerprint density at radius 2 is 1.96 bits per heavy atom. The van der Waals surface area contributed by atoms with Crippen LogP contribution in [0.15, 0.2) is 51.7 Å². The molecule has 0 fully saturated rings. The van der Waals surface area contributed by atoms with Gasteiger partial charge in [0.1, 0.15) is 6.07 Å². The van der Waals surface area contributed by atoms with Gasteiger partial charge in [-0.15, -0.1) is 11.3 Å². The van der Waals surface area contributed by atoms with Gasteiger partial charge in [-0.1, -0.05) is 18.2 Å². The molecule has 0 bridgehead atoms. The summed E-state index contributed by atoms with van der Waals surface area (Å²) >= 11 is 2.95. The van der Waals surface area contributed by atoms with Crippen molar-refractivity contribution in [3.05, 3.63) is 52.9 Å². The van der Waals surface area contributed by atoms with Gasteiger partial charge in [-0.05, 0) is 47.7 Å². The van der Waals surface area contributed by atoms with Gasteiger partial charge in [0.2, 0.25) is 0 Å². The maximum Gasteiger partial charge on any atom is 0.161 e. The van der Waals surface area contributed by atoms with E-state index in [1.807, 2.05) is 48.5 Å². The number of fused-ring (bicyclic) bond motifs is 1. The van der Waals surface area contributed by atoms with Crippen LogP contribution in [0.1, 0.15) is 5.56 Å². The lowest BCUT2D eigenvalue weighted by molar-refractivity contribution is 0.355. The number of aromatic nitrogens is 1. The van der Waals surface area contributed by atoms with Gasteiger partial charge >= 0.3 is 0 Å². The largest absolute Gasteiger partial charge is 0.493 e. The zero-order valence-electron chi connectivity index (χ0n) is 13.1. The van der Waals surface area contributed by atoms with E-state index in [1.54, 1.807) is 25.6 Å². The van der Waals surface area contributed by atoms with Crippen LogP contribution in [0.5, 0.6) is 11.5 Å². The molecule has 24 heavy (non-hydrogen) atoms. The third kappa shape index (κ3) is 3.53. The Morgan fingerprint density at radius 3 is 2.67 bits per heavy atom. The van der Waals surface area contributed by atoms with Crippen molar-refractivity contribution in [2.75, 3.05) is 14.2 Å². The van der Waals surface area contributed by atoms with Crippen LogP contribution >= 0.6 is 23.1 Å². The van der Waals surface area contributed by atoms with E-state index in [4.69, 9.17) is 9.47 Å². The van der Waals surface area contributed by atoms with Gasteiger partial charge in [-0.3, -0.25) is 0 Å². The number of thioether (sulfide) groups is 1. The highest BCUT2D eigenvalue weighted by atomic mass is 32.2. The van der Waals surface area contributed by atoms with E-state index >= 15 is 0 Å². The number of methoxy groups -OCH3 is 2. The lowest BCUT2D eigenvalue weighted by Gasteiger charge is -2.07. The average molecular weight is 354 g/mol. The van der Waals surface area contributed by atoms with Gasteiger partial charge in [0.25, 0.3) is 0 Å². The molecule has 0 unspecified atom stereocenters. The SMILES string of the molecule is COc1ccc(C=C(C#N)Sc2nc3ccccc3s2)cc1OC. The molecular formula is C18H14N2O2S2. The molecule has 2 aromatic carbocycles. The van der Waals surface area contributed by atoms with Crippen molar-refractivity contribution < 1.29 is 9.47 Å². The predicted octanol–water partition coefficient (Wildman–Crippen LogP) is 4.97. The Hall–Kier alpha value is -2.49. The molecule has 4 nitrogen and oxygen atoms in total. The van der Waals surface area contributed by atoms with Crippen molar-refractivity contribution in [1.82, 2.24) is 4.98 Å². The summed E-state index contributed by atoms with van der Waals surface area (Å²) in [5.74, 6) is 1.29. The topological polar surface area (TPSA) is 55.1 Å². The van der Waals surface area contributed by atoms with Crippen LogP contribution in [0.25, 0.3) is 16.3 Å². The van der Waals surface area contributed by atoms with Gasteiger partial charge in [-0.2, -0.15) is 5.26 Å². The summed E-state index contributed by atoms with van der Waals surface area (Å²) in [5, 5.41) is 9.43. The fraction of sp³-hybridized carbons (Fsp3) is 0.111. The molecule has 0 amide bonds. The zero-order valence-corrected chi connectivity index (χ0v) is 14.8. The Balaban J connectivity index is 1.88. The average Bonchev–Trinajstić information content (AvgIpc) is 3.03. The summed E-state index contributed by atoms with van der Waals surface area (Å²) < 4.78 is 12.5. The first-order valence-electron chi connectivity index (χ1n) is 7.10. The fourth-order valence-corrected chi connectivity index (χ4v) is 4.14. The molecule has 0 aliphatic heterocycles. The molecule has 0 N–H and O–H groups in total. The quantitative estimate of drug-likeness (QED) is 0.478. The second kappa shape index (κ2) is 7.39. The highest BCUT2D eigenvalue weighted by molar-refractivity contribution is 8.05. The number of hydrogen-bond acceptors (Lipinski definition) is 6. The van der Waals surface area contributed by atoms with E-state index in [0.29, 0.717) is 16.4 Å². The minimum Gasteiger partial charge on any atom is -0.493 e. The molecule has 0 saturated carbocycles. The molecule has 0 spiro atoms. The summed E-state index contributed by atoms with van der Waals surface area (Å²) in [7, 11) is 3.18. The van der Waals surface area contributed by atoms with E-state index in [9.17, 15) is 5.26 Å². The van der Waals surface area contributed by atoms with Crippen LogP contribution in [-0.2, 0) is 0 Å². The first-order valence-corrected chi connectivity index (χ1v) is 8.74. The van der Waals surface area contributed by atoms with Crippen LogP contribution in [0.3, 0.4) is 0 Å². The van der Waals surface area contributed by atoms with Crippen LogP contribution in [-0.4, -0.2) is 19.2 Å². The first kappa shape index (κ1) is 16.4. The molecule has 0 aliphatic carbocycles. The van der Waals surface area contributed by atoms with Crippen molar-refractivity contribution in [2.45, 2.75) is 4.34 Å². The fourth-order valence-electron chi connectivity index (χ4n) is 2.17. The number of para-hydroxylation sites is 1. The number of nitriles is 1. The van der Waals surface area contributed by atoms with E-state index in [0.717, 1.165) is 20.1 Å². The third-order valence-electron chi connectivity index (χ3n) is 3.29. The van der Waals surface area contributed by atoms with E-state index < -0.39 is 0 Å². The van der Waals surface area contributed by atoms with E-state index in [2.05, 4.69) is 11.1 Å². The predicted molar refractivity (Wildman–Crippen MR) is 98.6 cm³/mol. The number of nitrogens with zero attached hydrogens (tertiary/aromatic N) is 2. The highest BCUT2D eigenvalue weighted by Crippen LogP contribution is 2.35. The van der Waals surface area contributed by atoms with Crippen LogP contribution in [0, 0.1) is 11.3 Å². The molecule has 3 rings (SSSR count). The Labute approximate surface area is 148 Å². The normalized spacial score (nSPS) is 11.3. The minimum absolute atomic E-state index is 0.571. The standard InChI is InChI=1S/C18H14N2O2S2/c1-21-15-8-7-12(10-16(15)22-2)9-13(11-19)23-18-20-14-5-3-4-6-17(14)24-18/h3-10H,1-2H3. The molecule has 3 aromatic rings. The molecule has 0 aliphatic rings. The molecule has 0 radical (unpaired) electrons. The Bertz CT molecular complexity index is 909. The molecule has 6 heteroatoms. The van der Waals surface area contributed by atoms with E-state index in [1.165, 1.54) is 11.8 Å². The maximum atomic E-state index is 9.43. The summed E-state index contributed by atoms with van der Waals surface area (Å²) in [6.07, 6.45) is 1.82. The number of ether oxygens (including phenoxy) is 2. The van der Waals surface area contributed by atoms with Crippen molar-refractivity contribution >= 4 is 39.4 Å². The molecule has 1 aromatic heterocycles. The molecule has 0 saturated heterocycles. The number of thiazole rings is 1. The van der Waals surface area contributed by atoms with Crippen LogP contribution in [0.2, 0.25) is 0 Å². The lowest BCUT2D eigenvalue weighted by Crippen LogP contribution is -1.90. The second-order valence-electron chi connectivity index (χ2n) is 4.78. The monoisotopic (exact) mass is 354 g/mol. The van der Waals surface area contributed by atoms with Gasteiger partial charge in [0, 0.05) is 0 Å². The smallest absolute Gasteiger partial charge is 0.161 e. The maximum absolute atomic E-state index is 9.43. The van der Waals surface area contributed by atoms with Crippen LogP contribution < -0.4 is 9.47 Å². The third-order valence-corrected chi connectivity index (χ3v) is 5.31. The number of benzene rings is 2. The summed E-state index contributed by atoms with van der Waals surface area (Å²) in [5.41, 5.74) is 1.83. The number of hydrogen-bond donors (Lipinski definition) is 0. The van der Waals surface area contributed by atoms with Crippen molar-refractivity contribution in [2.24, 2.45) is 0 Å². The molecular weight excluding hydrogens is 340 g/mol. The summed E-state index contributed by atoms with van der Waals surface area (Å²) in [4.78, 5) is 5.12. The molecule has 1 heterocycles. The van der Waals surface area contributed by atoms with Crippen molar-refractivity contribution in [3.8, 4) is 17.6 Å². The minimum atomic E-state index is 0.571. The van der Waals surface area contributed by atoms with Gasteiger partial charge in [-0.25, -0.2) is 4.98 Å². The number of allylic oxidation sites excluding steroid dienone is 1. The Kier molecular flexibility index (Phi) is 5.04. The van der Waals surface area contributed by atoms with Crippen molar-refractivity contribution in [3.63, 3.8) is 0 Å². The van der Waals surface area contributed by atoms with Crippen LogP contribution in [0.4, 0.5) is 0 Å². The first-order chi connectivity index (χ1) is 11.7. The molecule has 120 valence electrons. The highest BCUT2D eigenvalue weighted by Gasteiger charge is 2.08. The summed E-state index contributed by atoms with van der Waals surface area (Å²) in [6.45, 7) is 0. The molecule has 0 atom stereocenters. The summed E-state index contributed by atoms with van der Waals surface area (Å²) in [6, 6.07) is 15.7. The number of rotatable bonds is 5. The van der Waals surface area contributed by atoms with Crippen molar-refractivity contribution in [1.29, 1.82) is 5.26 Å². The lowest BCUT2D eigenvalue weighted by atomic mass is 10.2. The zero-order chi connectivity index (χ0) is 16.9. The van der Waals surface area contributed by atoms with Gasteiger partial charge < -0.3 is 9.47 Å².